The number of aromatic nitrogens is 2. The number of hydrogen-bond donors (Lipinski definition) is 0. The summed E-state index contributed by atoms with van der Waals surface area (Å²) in [6.45, 7) is 8.39. The van der Waals surface area contributed by atoms with Gasteiger partial charge in [-0.2, -0.15) is 0 Å². The number of ether oxygens (including phenoxy) is 2. The summed E-state index contributed by atoms with van der Waals surface area (Å²) < 4.78 is 14.1. The second kappa shape index (κ2) is 7.44. The summed E-state index contributed by atoms with van der Waals surface area (Å²) in [5.41, 5.74) is 1.01. The number of imidazole rings is 1. The lowest BCUT2D eigenvalue weighted by molar-refractivity contribution is 0.0883. The van der Waals surface area contributed by atoms with E-state index in [0.717, 1.165) is 28.2 Å². The Bertz CT molecular complexity index is 623. The molecule has 0 aliphatic carbocycles. The van der Waals surface area contributed by atoms with Crippen LogP contribution in [0.1, 0.15) is 0 Å². The number of nitrogens with zero attached hydrogens (tertiary/aromatic N) is 2. The van der Waals surface area contributed by atoms with E-state index in [2.05, 4.69) is 40.6 Å². The number of rotatable bonds is 7. The smallest absolute Gasteiger partial charge is 0.141 e. The Hall–Kier alpha value is -1.11. The Morgan fingerprint density at radius 3 is 2.73 bits per heavy atom. The third kappa shape index (κ3) is 4.69. The summed E-state index contributed by atoms with van der Waals surface area (Å²) in [5, 5.41) is 0. The maximum Gasteiger partial charge on any atom is 0.141 e. The van der Waals surface area contributed by atoms with Crippen molar-refractivity contribution in [1.82, 2.24) is 9.55 Å². The Kier molecular flexibility index (Phi) is 5.83. The number of methoxy groups -OCH3 is 1. The highest BCUT2D eigenvalue weighted by Gasteiger charge is 2.13. The highest BCUT2D eigenvalue weighted by molar-refractivity contribution is 9.10. The van der Waals surface area contributed by atoms with Crippen LogP contribution in [0.2, 0.25) is 25.7 Å². The van der Waals surface area contributed by atoms with E-state index in [-0.39, 0.29) is 0 Å². The zero-order chi connectivity index (χ0) is 16.2. The van der Waals surface area contributed by atoms with Crippen molar-refractivity contribution in [2.75, 3.05) is 13.7 Å². The number of benzene rings is 1. The van der Waals surface area contributed by atoms with E-state index >= 15 is 0 Å². The number of halogens is 1. The Labute approximate surface area is 141 Å². The van der Waals surface area contributed by atoms with Gasteiger partial charge in [0.2, 0.25) is 0 Å². The quantitative estimate of drug-likeness (QED) is 0.517. The molecule has 0 aliphatic heterocycles. The third-order valence-corrected chi connectivity index (χ3v) is 5.71. The standard InChI is InChI=1S/C16H23BrN2O2Si/c1-20-15-11-13(5-6-14(15)17)16-18-7-8-19(16)12-21-9-10-22(2,3)4/h5-8,11H,9-10,12H2,1-4H3. The molecule has 0 bridgehead atoms. The number of hydrogen-bond acceptors (Lipinski definition) is 3. The first-order valence-electron chi connectivity index (χ1n) is 7.33. The first kappa shape index (κ1) is 17.2. The Balaban J connectivity index is 2.06. The van der Waals surface area contributed by atoms with Gasteiger partial charge in [0, 0.05) is 32.6 Å². The molecule has 6 heteroatoms. The van der Waals surface area contributed by atoms with Crippen molar-refractivity contribution in [3.8, 4) is 17.1 Å². The fourth-order valence-electron chi connectivity index (χ4n) is 2.01. The Morgan fingerprint density at radius 1 is 1.27 bits per heavy atom. The normalized spacial score (nSPS) is 11.7. The molecule has 1 aromatic heterocycles. The van der Waals surface area contributed by atoms with Gasteiger partial charge in [-0.1, -0.05) is 19.6 Å². The lowest BCUT2D eigenvalue weighted by Gasteiger charge is -2.16. The van der Waals surface area contributed by atoms with Crippen LogP contribution in [0.25, 0.3) is 11.4 Å². The van der Waals surface area contributed by atoms with Crippen molar-refractivity contribution >= 4 is 24.0 Å². The van der Waals surface area contributed by atoms with Gasteiger partial charge in [0.25, 0.3) is 0 Å². The summed E-state index contributed by atoms with van der Waals surface area (Å²) in [4.78, 5) is 4.44. The zero-order valence-electron chi connectivity index (χ0n) is 13.6. The predicted molar refractivity (Wildman–Crippen MR) is 96.0 cm³/mol. The van der Waals surface area contributed by atoms with Crippen LogP contribution < -0.4 is 4.74 Å². The van der Waals surface area contributed by atoms with Crippen molar-refractivity contribution < 1.29 is 9.47 Å². The molecular formula is C16H23BrN2O2Si. The van der Waals surface area contributed by atoms with Gasteiger partial charge in [0.05, 0.1) is 11.6 Å². The summed E-state index contributed by atoms with van der Waals surface area (Å²) in [5.74, 6) is 1.69. The molecule has 2 aromatic rings. The van der Waals surface area contributed by atoms with Crippen molar-refractivity contribution in [2.45, 2.75) is 32.4 Å². The van der Waals surface area contributed by atoms with Gasteiger partial charge in [-0.05, 0) is 40.2 Å². The molecule has 0 saturated carbocycles. The average Bonchev–Trinajstić information content (AvgIpc) is 2.91. The van der Waals surface area contributed by atoms with Crippen LogP contribution in [0, 0.1) is 0 Å². The van der Waals surface area contributed by atoms with Gasteiger partial charge in [-0.3, -0.25) is 0 Å². The molecule has 1 aromatic carbocycles. The largest absolute Gasteiger partial charge is 0.496 e. The van der Waals surface area contributed by atoms with Crippen molar-refractivity contribution in [2.24, 2.45) is 0 Å². The minimum absolute atomic E-state index is 0.526. The van der Waals surface area contributed by atoms with Crippen molar-refractivity contribution in [1.29, 1.82) is 0 Å². The fourth-order valence-corrected chi connectivity index (χ4v) is 3.18. The summed E-state index contributed by atoms with van der Waals surface area (Å²) in [6.07, 6.45) is 3.74. The topological polar surface area (TPSA) is 36.3 Å². The van der Waals surface area contributed by atoms with Crippen LogP contribution in [0.3, 0.4) is 0 Å². The summed E-state index contributed by atoms with van der Waals surface area (Å²) in [7, 11) is 0.615. The summed E-state index contributed by atoms with van der Waals surface area (Å²) >= 11 is 3.47. The Morgan fingerprint density at radius 2 is 2.05 bits per heavy atom. The molecule has 0 aliphatic rings. The van der Waals surface area contributed by atoms with E-state index in [9.17, 15) is 0 Å². The molecule has 0 N–H and O–H groups in total. The lowest BCUT2D eigenvalue weighted by atomic mass is 10.2. The average molecular weight is 383 g/mol. The minimum atomic E-state index is -1.05. The second-order valence-electron chi connectivity index (χ2n) is 6.42. The van der Waals surface area contributed by atoms with Gasteiger partial charge in [0.1, 0.15) is 18.3 Å². The first-order valence-corrected chi connectivity index (χ1v) is 11.8. The van der Waals surface area contributed by atoms with E-state index in [0.29, 0.717) is 6.73 Å². The van der Waals surface area contributed by atoms with Gasteiger partial charge in [0.15, 0.2) is 0 Å². The van der Waals surface area contributed by atoms with Crippen LogP contribution in [0.4, 0.5) is 0 Å². The van der Waals surface area contributed by atoms with Crippen LogP contribution >= 0.6 is 15.9 Å². The van der Waals surface area contributed by atoms with Crippen LogP contribution in [0.5, 0.6) is 5.75 Å². The molecule has 0 unspecified atom stereocenters. The molecule has 0 saturated heterocycles. The third-order valence-electron chi connectivity index (χ3n) is 3.35. The fraction of sp³-hybridized carbons (Fsp3) is 0.438. The molecule has 4 nitrogen and oxygen atoms in total. The molecule has 0 spiro atoms. The molecule has 1 heterocycles. The SMILES string of the molecule is COc1cc(-c2nccn2COCC[Si](C)(C)C)ccc1Br. The van der Waals surface area contributed by atoms with E-state index in [1.54, 1.807) is 13.3 Å². The maximum atomic E-state index is 5.81. The second-order valence-corrected chi connectivity index (χ2v) is 12.9. The van der Waals surface area contributed by atoms with Crippen molar-refractivity contribution in [3.63, 3.8) is 0 Å². The summed E-state index contributed by atoms with van der Waals surface area (Å²) in [6, 6.07) is 7.14. The monoisotopic (exact) mass is 382 g/mol. The first-order chi connectivity index (χ1) is 10.4. The van der Waals surface area contributed by atoms with Gasteiger partial charge < -0.3 is 14.0 Å². The predicted octanol–water partition coefficient (Wildman–Crippen LogP) is 4.63. The lowest BCUT2D eigenvalue weighted by Crippen LogP contribution is -2.22. The molecule has 120 valence electrons. The van der Waals surface area contributed by atoms with E-state index in [4.69, 9.17) is 9.47 Å². The zero-order valence-corrected chi connectivity index (χ0v) is 16.2. The van der Waals surface area contributed by atoms with Crippen molar-refractivity contribution in [3.05, 3.63) is 35.1 Å². The molecule has 0 amide bonds. The molecule has 2 rings (SSSR count). The maximum absolute atomic E-state index is 5.81. The van der Waals surface area contributed by atoms with Crippen LogP contribution in [0.15, 0.2) is 35.1 Å². The van der Waals surface area contributed by atoms with E-state index in [1.165, 1.54) is 6.04 Å². The highest BCUT2D eigenvalue weighted by Crippen LogP contribution is 2.30. The molecule has 22 heavy (non-hydrogen) atoms. The van der Waals surface area contributed by atoms with E-state index < -0.39 is 8.07 Å². The molecule has 0 atom stereocenters. The highest BCUT2D eigenvalue weighted by atomic mass is 79.9. The van der Waals surface area contributed by atoms with Gasteiger partial charge in [-0.15, -0.1) is 0 Å². The molecule has 0 fully saturated rings. The molecular weight excluding hydrogens is 360 g/mol. The van der Waals surface area contributed by atoms with E-state index in [1.807, 2.05) is 29.0 Å². The van der Waals surface area contributed by atoms with Crippen LogP contribution in [-0.4, -0.2) is 31.3 Å². The van der Waals surface area contributed by atoms with Gasteiger partial charge >= 0.3 is 0 Å². The van der Waals surface area contributed by atoms with Gasteiger partial charge in [-0.25, -0.2) is 4.98 Å². The minimum Gasteiger partial charge on any atom is -0.496 e. The molecule has 0 radical (unpaired) electrons. The van der Waals surface area contributed by atoms with Crippen LogP contribution in [-0.2, 0) is 11.5 Å².